The Hall–Kier alpha value is -2.81. The molecular weight excluding hydrogens is 387 g/mol. The van der Waals surface area contributed by atoms with E-state index in [9.17, 15) is 22.8 Å². The van der Waals surface area contributed by atoms with Gasteiger partial charge in [-0.25, -0.2) is 9.78 Å². The number of nitrogens with one attached hydrogen (secondary N) is 2. The van der Waals surface area contributed by atoms with E-state index in [0.717, 1.165) is 7.11 Å². The molecule has 0 bridgehead atoms. The zero-order chi connectivity index (χ0) is 20.2. The minimum absolute atomic E-state index is 0.129. The van der Waals surface area contributed by atoms with Crippen LogP contribution in [0.2, 0.25) is 5.02 Å². The van der Waals surface area contributed by atoms with Gasteiger partial charge in [-0.3, -0.25) is 4.79 Å². The normalized spacial score (nSPS) is 13.4. The number of amides is 1. The number of alkyl halides is 3. The topological polar surface area (TPSA) is 80.3 Å². The molecule has 0 spiro atoms. The standard InChI is InChI=1S/C17H15ClF3N3O3/c1-10-3-8-13(22-9-10)23-16(15(26)27-2,17(19,20)21)24-14(25)11-4-6-12(18)7-5-11/h3-9H,1-2H3,(H,22,23)(H,24,25)/t16-/m0/s1. The van der Waals surface area contributed by atoms with Gasteiger partial charge in [-0.15, -0.1) is 0 Å². The van der Waals surface area contributed by atoms with Crippen molar-refractivity contribution in [2.24, 2.45) is 0 Å². The Bertz CT molecular complexity index is 826. The van der Waals surface area contributed by atoms with Gasteiger partial charge in [0.05, 0.1) is 7.11 Å². The monoisotopic (exact) mass is 401 g/mol. The minimum Gasteiger partial charge on any atom is -0.466 e. The number of carbonyl (C=O) groups excluding carboxylic acids is 2. The molecule has 1 aromatic heterocycles. The van der Waals surface area contributed by atoms with Crippen molar-refractivity contribution in [3.63, 3.8) is 0 Å². The molecule has 1 atom stereocenters. The average Bonchev–Trinajstić information content (AvgIpc) is 2.61. The Morgan fingerprint density at radius 3 is 2.22 bits per heavy atom. The lowest BCUT2D eigenvalue weighted by molar-refractivity contribution is -0.203. The first kappa shape index (κ1) is 20.5. The molecule has 1 aromatic carbocycles. The van der Waals surface area contributed by atoms with Gasteiger partial charge in [0.15, 0.2) is 0 Å². The van der Waals surface area contributed by atoms with Crippen LogP contribution in [0.5, 0.6) is 0 Å². The quantitative estimate of drug-likeness (QED) is 0.593. The summed E-state index contributed by atoms with van der Waals surface area (Å²) in [6.45, 7) is 1.69. The van der Waals surface area contributed by atoms with Gasteiger partial charge in [0, 0.05) is 16.8 Å². The van der Waals surface area contributed by atoms with E-state index in [2.05, 4.69) is 9.72 Å². The highest BCUT2D eigenvalue weighted by Crippen LogP contribution is 2.33. The molecule has 0 aliphatic heterocycles. The van der Waals surface area contributed by atoms with E-state index in [-0.39, 0.29) is 11.4 Å². The molecule has 144 valence electrons. The molecule has 0 fully saturated rings. The van der Waals surface area contributed by atoms with Crippen LogP contribution in [0.1, 0.15) is 15.9 Å². The maximum absolute atomic E-state index is 13.9. The Morgan fingerprint density at radius 1 is 1.11 bits per heavy atom. The molecule has 1 heterocycles. The number of carbonyl (C=O) groups is 2. The molecule has 0 saturated carbocycles. The van der Waals surface area contributed by atoms with E-state index < -0.39 is 23.7 Å². The van der Waals surface area contributed by atoms with E-state index in [1.807, 2.05) is 5.32 Å². The SMILES string of the molecule is COC(=O)[C@@](NC(=O)c1ccc(Cl)cc1)(Nc1ccc(C)cn1)C(F)(F)F. The number of rotatable bonds is 5. The zero-order valence-corrected chi connectivity index (χ0v) is 15.0. The largest absolute Gasteiger partial charge is 0.466 e. The molecule has 2 rings (SSSR count). The number of halogens is 4. The predicted molar refractivity (Wildman–Crippen MR) is 92.3 cm³/mol. The third-order valence-corrected chi connectivity index (χ3v) is 3.80. The number of benzene rings is 1. The molecule has 0 saturated heterocycles. The van der Waals surface area contributed by atoms with Gasteiger partial charge in [-0.05, 0) is 42.8 Å². The summed E-state index contributed by atoms with van der Waals surface area (Å²) in [5.74, 6) is -3.19. The van der Waals surface area contributed by atoms with Crippen molar-refractivity contribution in [3.8, 4) is 0 Å². The molecule has 1 amide bonds. The molecule has 2 aromatic rings. The van der Waals surface area contributed by atoms with Gasteiger partial charge < -0.3 is 15.4 Å². The zero-order valence-electron chi connectivity index (χ0n) is 14.2. The Morgan fingerprint density at radius 2 is 1.74 bits per heavy atom. The summed E-state index contributed by atoms with van der Waals surface area (Å²) >= 11 is 5.71. The van der Waals surface area contributed by atoms with E-state index in [1.54, 1.807) is 12.2 Å². The first-order chi connectivity index (χ1) is 12.6. The smallest absolute Gasteiger partial charge is 0.441 e. The van der Waals surface area contributed by atoms with Crippen molar-refractivity contribution in [1.82, 2.24) is 10.3 Å². The van der Waals surface area contributed by atoms with Gasteiger partial charge in [0.25, 0.3) is 5.91 Å². The highest BCUT2D eigenvalue weighted by atomic mass is 35.5. The number of nitrogens with zero attached hydrogens (tertiary/aromatic N) is 1. The van der Waals surface area contributed by atoms with Crippen molar-refractivity contribution >= 4 is 29.3 Å². The molecule has 0 aliphatic carbocycles. The fourth-order valence-electron chi connectivity index (χ4n) is 2.12. The van der Waals surface area contributed by atoms with Gasteiger partial charge in [-0.1, -0.05) is 17.7 Å². The highest BCUT2D eigenvalue weighted by Gasteiger charge is 2.63. The Kier molecular flexibility index (Phi) is 5.94. The number of anilines is 1. The van der Waals surface area contributed by atoms with Crippen LogP contribution < -0.4 is 10.6 Å². The first-order valence-electron chi connectivity index (χ1n) is 7.53. The fraction of sp³-hybridized carbons (Fsp3) is 0.235. The number of methoxy groups -OCH3 is 1. The van der Waals surface area contributed by atoms with Crippen LogP contribution >= 0.6 is 11.6 Å². The minimum atomic E-state index is -5.24. The second-order valence-electron chi connectivity index (χ2n) is 5.55. The number of hydrogen-bond acceptors (Lipinski definition) is 5. The van der Waals surface area contributed by atoms with Gasteiger partial charge >= 0.3 is 17.8 Å². The number of hydrogen-bond donors (Lipinski definition) is 2. The molecule has 2 N–H and O–H groups in total. The summed E-state index contributed by atoms with van der Waals surface area (Å²) in [6.07, 6.45) is -3.93. The lowest BCUT2D eigenvalue weighted by atomic mass is 10.1. The average molecular weight is 402 g/mol. The predicted octanol–water partition coefficient (Wildman–Crippen LogP) is 3.32. The van der Waals surface area contributed by atoms with E-state index in [4.69, 9.17) is 11.6 Å². The second-order valence-corrected chi connectivity index (χ2v) is 5.98. The lowest BCUT2D eigenvalue weighted by Gasteiger charge is -2.34. The number of esters is 1. The molecule has 27 heavy (non-hydrogen) atoms. The molecule has 0 radical (unpaired) electrons. The first-order valence-corrected chi connectivity index (χ1v) is 7.91. The summed E-state index contributed by atoms with van der Waals surface area (Å²) in [7, 11) is 0.779. The third-order valence-electron chi connectivity index (χ3n) is 3.55. The number of aromatic nitrogens is 1. The summed E-state index contributed by atoms with van der Waals surface area (Å²) in [4.78, 5) is 28.3. The molecular formula is C17H15ClF3N3O3. The maximum atomic E-state index is 13.9. The summed E-state index contributed by atoms with van der Waals surface area (Å²) in [5.41, 5.74) is -2.97. The van der Waals surface area contributed by atoms with E-state index >= 15 is 0 Å². The molecule has 0 aliphatic rings. The Labute approximate surface area is 157 Å². The Balaban J connectivity index is 2.46. The van der Waals surface area contributed by atoms with Gasteiger partial charge in [0.1, 0.15) is 5.82 Å². The molecule has 10 heteroatoms. The number of aryl methyl sites for hydroxylation is 1. The summed E-state index contributed by atoms with van der Waals surface area (Å²) < 4.78 is 46.0. The van der Waals surface area contributed by atoms with Crippen molar-refractivity contribution in [2.75, 3.05) is 12.4 Å². The number of pyridine rings is 1. The number of ether oxygens (including phenoxy) is 1. The van der Waals surface area contributed by atoms with E-state index in [1.165, 1.54) is 42.6 Å². The van der Waals surface area contributed by atoms with Crippen LogP contribution in [0.25, 0.3) is 0 Å². The van der Waals surface area contributed by atoms with E-state index in [0.29, 0.717) is 10.6 Å². The lowest BCUT2D eigenvalue weighted by Crippen LogP contribution is -2.69. The van der Waals surface area contributed by atoms with Crippen LogP contribution in [0, 0.1) is 6.92 Å². The van der Waals surface area contributed by atoms with Gasteiger partial charge in [0.2, 0.25) is 0 Å². The van der Waals surface area contributed by atoms with Crippen molar-refractivity contribution in [1.29, 1.82) is 0 Å². The van der Waals surface area contributed by atoms with Crippen molar-refractivity contribution < 1.29 is 27.5 Å². The van der Waals surface area contributed by atoms with Crippen LogP contribution in [0.15, 0.2) is 42.6 Å². The maximum Gasteiger partial charge on any atom is 0.441 e. The van der Waals surface area contributed by atoms with Crippen LogP contribution in [0.4, 0.5) is 19.0 Å². The molecule has 6 nitrogen and oxygen atoms in total. The van der Waals surface area contributed by atoms with Gasteiger partial charge in [-0.2, -0.15) is 13.2 Å². The van der Waals surface area contributed by atoms with Crippen LogP contribution in [-0.4, -0.2) is 35.8 Å². The third kappa shape index (κ3) is 4.48. The van der Waals surface area contributed by atoms with Crippen molar-refractivity contribution in [3.05, 3.63) is 58.7 Å². The summed E-state index contributed by atoms with van der Waals surface area (Å²) in [6, 6.07) is 7.85. The second kappa shape index (κ2) is 7.83. The van der Waals surface area contributed by atoms with Crippen LogP contribution in [-0.2, 0) is 9.53 Å². The summed E-state index contributed by atoms with van der Waals surface area (Å²) in [5, 5.41) is 3.94. The fourth-order valence-corrected chi connectivity index (χ4v) is 2.25. The van der Waals surface area contributed by atoms with Crippen molar-refractivity contribution in [2.45, 2.75) is 18.8 Å². The molecule has 0 unspecified atom stereocenters. The van der Waals surface area contributed by atoms with Crippen LogP contribution in [0.3, 0.4) is 0 Å². The highest BCUT2D eigenvalue weighted by molar-refractivity contribution is 6.30.